The Balaban J connectivity index is 1.32. The molecule has 1 N–H and O–H groups in total. The van der Waals surface area contributed by atoms with Crippen LogP contribution in [0.2, 0.25) is 0 Å². The summed E-state index contributed by atoms with van der Waals surface area (Å²) in [5.41, 5.74) is 1.19. The topological polar surface area (TPSA) is 61.9 Å². The van der Waals surface area contributed by atoms with Gasteiger partial charge in [-0.25, -0.2) is 4.79 Å². The van der Waals surface area contributed by atoms with Gasteiger partial charge in [-0.15, -0.1) is 0 Å². The summed E-state index contributed by atoms with van der Waals surface area (Å²) in [4.78, 5) is 28.1. The van der Waals surface area contributed by atoms with Gasteiger partial charge in [0.05, 0.1) is 6.54 Å². The van der Waals surface area contributed by atoms with E-state index in [-0.39, 0.29) is 17.9 Å². The lowest BCUT2D eigenvalue weighted by atomic mass is 10.2. The fraction of sp³-hybridized carbons (Fsp3) is 0.579. The molecule has 2 atom stereocenters. The summed E-state index contributed by atoms with van der Waals surface area (Å²) in [6.45, 7) is 7.51. The van der Waals surface area contributed by atoms with E-state index in [9.17, 15) is 9.59 Å². The van der Waals surface area contributed by atoms with Crippen LogP contribution in [0.4, 0.5) is 4.79 Å². The first kappa shape index (κ1) is 17.6. The normalized spacial score (nSPS) is 22.5. The quantitative estimate of drug-likeness (QED) is 0.829. The minimum Gasteiger partial charge on any atom is -0.492 e. The predicted molar refractivity (Wildman–Crippen MR) is 95.5 cm³/mol. The number of carbonyl (C=O) groups excluding carboxylic acids is 2. The lowest BCUT2D eigenvalue weighted by molar-refractivity contribution is -0.134. The Morgan fingerprint density at radius 3 is 2.32 bits per heavy atom. The summed E-state index contributed by atoms with van der Waals surface area (Å²) in [5.74, 6) is 1.82. The summed E-state index contributed by atoms with van der Waals surface area (Å²) in [6.07, 6.45) is 1.01. The van der Waals surface area contributed by atoms with E-state index >= 15 is 0 Å². The van der Waals surface area contributed by atoms with Crippen molar-refractivity contribution in [2.75, 3.05) is 39.3 Å². The first-order valence-electron chi connectivity index (χ1n) is 9.05. The molecule has 1 saturated heterocycles. The van der Waals surface area contributed by atoms with Crippen LogP contribution < -0.4 is 10.1 Å². The zero-order valence-corrected chi connectivity index (χ0v) is 15.0. The van der Waals surface area contributed by atoms with Gasteiger partial charge in [0.15, 0.2) is 0 Å². The van der Waals surface area contributed by atoms with Crippen LogP contribution in [0, 0.1) is 18.8 Å². The van der Waals surface area contributed by atoms with Crippen molar-refractivity contribution in [1.29, 1.82) is 0 Å². The van der Waals surface area contributed by atoms with Crippen LogP contribution in [0.1, 0.15) is 18.9 Å². The third-order valence-electron chi connectivity index (χ3n) is 4.97. The fourth-order valence-electron chi connectivity index (χ4n) is 3.10. The van der Waals surface area contributed by atoms with Crippen LogP contribution in [0.3, 0.4) is 0 Å². The van der Waals surface area contributed by atoms with Crippen LogP contribution in [0.25, 0.3) is 0 Å². The highest BCUT2D eigenvalue weighted by atomic mass is 16.5. The maximum Gasteiger partial charge on any atom is 0.317 e. The number of urea groups is 1. The molecule has 0 radical (unpaired) electrons. The van der Waals surface area contributed by atoms with E-state index in [2.05, 4.69) is 12.2 Å². The Bertz CT molecular complexity index is 609. The van der Waals surface area contributed by atoms with Crippen molar-refractivity contribution < 1.29 is 14.3 Å². The Labute approximate surface area is 149 Å². The van der Waals surface area contributed by atoms with Crippen molar-refractivity contribution in [2.45, 2.75) is 20.3 Å². The average molecular weight is 345 g/mol. The molecule has 1 saturated carbocycles. The highest BCUT2D eigenvalue weighted by Crippen LogP contribution is 2.39. The molecule has 1 aromatic carbocycles. The predicted octanol–water partition coefficient (Wildman–Crippen LogP) is 1.88. The molecule has 0 spiro atoms. The SMILES string of the molecule is Cc1ccc(OCCNC(=O)N2CCN(C(=O)[C@H]3C[C@H]3C)CC2)cc1. The molecule has 6 heteroatoms. The van der Waals surface area contributed by atoms with E-state index in [1.54, 1.807) is 4.90 Å². The zero-order valence-electron chi connectivity index (χ0n) is 15.0. The van der Waals surface area contributed by atoms with Crippen molar-refractivity contribution >= 4 is 11.9 Å². The molecule has 1 heterocycles. The maximum atomic E-state index is 12.2. The molecule has 0 aromatic heterocycles. The van der Waals surface area contributed by atoms with Crippen LogP contribution >= 0.6 is 0 Å². The molecule has 1 aliphatic heterocycles. The van der Waals surface area contributed by atoms with Gasteiger partial charge < -0.3 is 19.9 Å². The van der Waals surface area contributed by atoms with Gasteiger partial charge in [0.1, 0.15) is 12.4 Å². The van der Waals surface area contributed by atoms with Crippen molar-refractivity contribution in [2.24, 2.45) is 11.8 Å². The third-order valence-corrected chi connectivity index (χ3v) is 4.97. The molecule has 0 unspecified atom stereocenters. The average Bonchev–Trinajstić information content (AvgIpc) is 3.36. The summed E-state index contributed by atoms with van der Waals surface area (Å²) in [6, 6.07) is 7.76. The molecule has 2 aliphatic rings. The lowest BCUT2D eigenvalue weighted by Crippen LogP contribution is -2.53. The number of amides is 3. The summed E-state index contributed by atoms with van der Waals surface area (Å²) in [7, 11) is 0. The van der Waals surface area contributed by atoms with Crippen molar-refractivity contribution in [3.8, 4) is 5.75 Å². The van der Waals surface area contributed by atoms with E-state index in [0.29, 0.717) is 45.2 Å². The molecule has 136 valence electrons. The van der Waals surface area contributed by atoms with Crippen LogP contribution in [0.15, 0.2) is 24.3 Å². The van der Waals surface area contributed by atoms with E-state index in [1.807, 2.05) is 36.1 Å². The minimum absolute atomic E-state index is 0.0839. The molecule has 6 nitrogen and oxygen atoms in total. The van der Waals surface area contributed by atoms with Crippen molar-refractivity contribution in [1.82, 2.24) is 15.1 Å². The highest BCUT2D eigenvalue weighted by molar-refractivity contribution is 5.82. The first-order valence-corrected chi connectivity index (χ1v) is 9.05. The Kier molecular flexibility index (Phi) is 5.46. The highest BCUT2D eigenvalue weighted by Gasteiger charge is 2.42. The summed E-state index contributed by atoms with van der Waals surface area (Å²) < 4.78 is 5.60. The van der Waals surface area contributed by atoms with Gasteiger partial charge in [0.25, 0.3) is 0 Å². The monoisotopic (exact) mass is 345 g/mol. The summed E-state index contributed by atoms with van der Waals surface area (Å²) in [5, 5.41) is 2.88. The van der Waals surface area contributed by atoms with Gasteiger partial charge >= 0.3 is 6.03 Å². The minimum atomic E-state index is -0.0839. The number of hydrogen-bond donors (Lipinski definition) is 1. The molecule has 3 rings (SSSR count). The van der Waals surface area contributed by atoms with E-state index in [0.717, 1.165) is 12.2 Å². The van der Waals surface area contributed by atoms with Gasteiger partial charge in [-0.05, 0) is 31.4 Å². The Hall–Kier alpha value is -2.24. The number of aryl methyl sites for hydroxylation is 1. The lowest BCUT2D eigenvalue weighted by Gasteiger charge is -2.35. The second-order valence-electron chi connectivity index (χ2n) is 7.03. The molecule has 2 fully saturated rings. The number of nitrogens with one attached hydrogen (secondary N) is 1. The number of nitrogens with zero attached hydrogens (tertiary/aromatic N) is 2. The van der Waals surface area contributed by atoms with Gasteiger partial charge in [0, 0.05) is 32.1 Å². The van der Waals surface area contributed by atoms with E-state index in [1.165, 1.54) is 5.56 Å². The number of carbonyl (C=O) groups is 2. The van der Waals surface area contributed by atoms with Crippen LogP contribution in [-0.2, 0) is 4.79 Å². The number of benzene rings is 1. The first-order chi connectivity index (χ1) is 12.0. The van der Waals surface area contributed by atoms with Gasteiger partial charge in [-0.1, -0.05) is 24.6 Å². The number of ether oxygens (including phenoxy) is 1. The molecule has 1 aliphatic carbocycles. The molecular weight excluding hydrogens is 318 g/mol. The molecule has 3 amide bonds. The Morgan fingerprint density at radius 1 is 1.12 bits per heavy atom. The third kappa shape index (κ3) is 4.65. The van der Waals surface area contributed by atoms with Crippen LogP contribution in [-0.4, -0.2) is 61.1 Å². The standard InChI is InChI=1S/C19H27N3O3/c1-14-3-5-16(6-4-14)25-12-7-20-19(24)22-10-8-21(9-11-22)18(23)17-13-15(17)2/h3-6,15,17H,7-13H2,1-2H3,(H,20,24)/t15-,17+/m1/s1. The zero-order chi connectivity index (χ0) is 17.8. The Morgan fingerprint density at radius 2 is 1.72 bits per heavy atom. The smallest absolute Gasteiger partial charge is 0.317 e. The maximum absolute atomic E-state index is 12.2. The van der Waals surface area contributed by atoms with E-state index in [4.69, 9.17) is 4.74 Å². The number of rotatable bonds is 5. The van der Waals surface area contributed by atoms with Gasteiger partial charge in [-0.3, -0.25) is 4.79 Å². The number of piperazine rings is 1. The van der Waals surface area contributed by atoms with Crippen molar-refractivity contribution in [3.05, 3.63) is 29.8 Å². The van der Waals surface area contributed by atoms with Gasteiger partial charge in [-0.2, -0.15) is 0 Å². The largest absolute Gasteiger partial charge is 0.492 e. The van der Waals surface area contributed by atoms with Gasteiger partial charge in [0.2, 0.25) is 5.91 Å². The molecule has 0 bridgehead atoms. The second-order valence-corrected chi connectivity index (χ2v) is 7.03. The molecular formula is C19H27N3O3. The van der Waals surface area contributed by atoms with Crippen LogP contribution in [0.5, 0.6) is 5.75 Å². The number of hydrogen-bond acceptors (Lipinski definition) is 3. The molecule has 1 aromatic rings. The second kappa shape index (κ2) is 7.76. The van der Waals surface area contributed by atoms with Crippen molar-refractivity contribution in [3.63, 3.8) is 0 Å². The molecule has 25 heavy (non-hydrogen) atoms. The fourth-order valence-corrected chi connectivity index (χ4v) is 3.10. The summed E-state index contributed by atoms with van der Waals surface area (Å²) >= 11 is 0. The van der Waals surface area contributed by atoms with E-state index < -0.39 is 0 Å².